The number of benzene rings is 1. The number of rotatable bonds is 6. The smallest absolute Gasteiger partial charge is 0.378 e. The molecule has 124 valence electrons. The molecule has 4 nitrogen and oxygen atoms in total. The van der Waals surface area contributed by atoms with Crippen LogP contribution in [-0.2, 0) is 23.9 Å². The highest BCUT2D eigenvalue weighted by molar-refractivity contribution is 7.11. The van der Waals surface area contributed by atoms with E-state index in [2.05, 4.69) is 10.3 Å². The van der Waals surface area contributed by atoms with Crippen molar-refractivity contribution in [3.63, 3.8) is 0 Å². The first-order valence-electron chi connectivity index (χ1n) is 6.77. The van der Waals surface area contributed by atoms with Gasteiger partial charge in [0.15, 0.2) is 0 Å². The van der Waals surface area contributed by atoms with Gasteiger partial charge in [-0.05, 0) is 24.1 Å². The highest BCUT2D eigenvalue weighted by Crippen LogP contribution is 2.29. The van der Waals surface area contributed by atoms with Crippen molar-refractivity contribution in [3.8, 4) is 0 Å². The topological polar surface area (TPSA) is 51.2 Å². The fourth-order valence-corrected chi connectivity index (χ4v) is 2.67. The van der Waals surface area contributed by atoms with Gasteiger partial charge in [-0.2, -0.15) is 13.2 Å². The molecule has 1 aromatic carbocycles. The maximum atomic E-state index is 12.5. The first-order valence-corrected chi connectivity index (χ1v) is 7.65. The van der Waals surface area contributed by atoms with Crippen molar-refractivity contribution in [2.45, 2.75) is 19.2 Å². The van der Waals surface area contributed by atoms with Gasteiger partial charge in [-0.3, -0.25) is 4.79 Å². The quantitative estimate of drug-likeness (QED) is 0.875. The number of amides is 1. The number of carbonyl (C=O) groups excluding carboxylic acids is 1. The summed E-state index contributed by atoms with van der Waals surface area (Å²) in [5, 5.41) is 2.73. The maximum Gasteiger partial charge on any atom is 0.416 e. The van der Waals surface area contributed by atoms with Gasteiger partial charge in [-0.25, -0.2) is 4.98 Å². The molecule has 0 saturated carbocycles. The van der Waals surface area contributed by atoms with Crippen LogP contribution in [0.3, 0.4) is 0 Å². The number of halogens is 3. The lowest BCUT2D eigenvalue weighted by molar-refractivity contribution is -0.137. The third-order valence-corrected chi connectivity index (χ3v) is 3.98. The van der Waals surface area contributed by atoms with Crippen molar-refractivity contribution < 1.29 is 22.7 Å². The van der Waals surface area contributed by atoms with Crippen molar-refractivity contribution in [3.05, 3.63) is 51.5 Å². The summed E-state index contributed by atoms with van der Waals surface area (Å²) in [7, 11) is 1.52. The molecule has 0 atom stereocenters. The van der Waals surface area contributed by atoms with Gasteiger partial charge in [0.1, 0.15) is 4.88 Å². The molecule has 0 aliphatic heterocycles. The first-order chi connectivity index (χ1) is 10.9. The largest absolute Gasteiger partial charge is 0.416 e. The van der Waals surface area contributed by atoms with Gasteiger partial charge < -0.3 is 10.1 Å². The van der Waals surface area contributed by atoms with Crippen molar-refractivity contribution >= 4 is 17.2 Å². The van der Waals surface area contributed by atoms with Gasteiger partial charge in [0.05, 0.1) is 23.4 Å². The Hall–Kier alpha value is -1.93. The molecule has 1 amide bonds. The fourth-order valence-electron chi connectivity index (χ4n) is 1.95. The van der Waals surface area contributed by atoms with Crippen LogP contribution in [0.5, 0.6) is 0 Å². The fraction of sp³-hybridized carbons (Fsp3) is 0.333. The monoisotopic (exact) mass is 344 g/mol. The summed E-state index contributed by atoms with van der Waals surface area (Å²) in [5.74, 6) is -0.258. The van der Waals surface area contributed by atoms with Gasteiger partial charge in [0, 0.05) is 13.7 Å². The van der Waals surface area contributed by atoms with Gasteiger partial charge >= 0.3 is 6.18 Å². The zero-order valence-electron chi connectivity index (χ0n) is 12.3. The average Bonchev–Trinajstić information content (AvgIpc) is 2.95. The molecule has 0 fully saturated rings. The molecule has 1 N–H and O–H groups in total. The van der Waals surface area contributed by atoms with E-state index >= 15 is 0 Å². The van der Waals surface area contributed by atoms with E-state index in [0.717, 1.165) is 17.7 Å². The molecule has 0 unspecified atom stereocenters. The van der Waals surface area contributed by atoms with Crippen LogP contribution in [0.1, 0.15) is 26.5 Å². The Kier molecular flexibility index (Phi) is 5.73. The number of alkyl halides is 3. The molecule has 1 aromatic heterocycles. The van der Waals surface area contributed by atoms with Crippen LogP contribution in [0.2, 0.25) is 0 Å². The minimum Gasteiger partial charge on any atom is -0.378 e. The minimum absolute atomic E-state index is 0.255. The second kappa shape index (κ2) is 7.56. The number of hydrogen-bond donors (Lipinski definition) is 1. The van der Waals surface area contributed by atoms with Crippen LogP contribution in [0.15, 0.2) is 29.8 Å². The van der Waals surface area contributed by atoms with E-state index < -0.39 is 11.7 Å². The van der Waals surface area contributed by atoms with Crippen molar-refractivity contribution in [1.29, 1.82) is 0 Å². The number of carbonyl (C=O) groups is 1. The second-order valence-corrected chi connectivity index (χ2v) is 5.62. The number of thiazole rings is 1. The van der Waals surface area contributed by atoms with E-state index in [1.807, 2.05) is 0 Å². The van der Waals surface area contributed by atoms with Gasteiger partial charge in [-0.1, -0.05) is 12.1 Å². The number of ether oxygens (including phenoxy) is 1. The molecule has 0 aliphatic rings. The Morgan fingerprint density at radius 2 is 2.00 bits per heavy atom. The molecular formula is C15H15F3N2O2S. The number of aromatic nitrogens is 1. The molecule has 0 saturated heterocycles. The van der Waals surface area contributed by atoms with E-state index in [9.17, 15) is 18.0 Å². The molecule has 0 bridgehead atoms. The minimum atomic E-state index is -4.34. The lowest BCUT2D eigenvalue weighted by Gasteiger charge is -2.08. The third kappa shape index (κ3) is 4.77. The summed E-state index contributed by atoms with van der Waals surface area (Å²) < 4.78 is 42.4. The van der Waals surface area contributed by atoms with Crippen molar-refractivity contribution in [1.82, 2.24) is 10.3 Å². The maximum absolute atomic E-state index is 12.5. The van der Waals surface area contributed by atoms with Gasteiger partial charge in [-0.15, -0.1) is 11.3 Å². The molecular weight excluding hydrogens is 329 g/mol. The van der Waals surface area contributed by atoms with Crippen LogP contribution < -0.4 is 5.32 Å². The van der Waals surface area contributed by atoms with Crippen LogP contribution in [0.25, 0.3) is 0 Å². The van der Waals surface area contributed by atoms with E-state index in [1.54, 1.807) is 5.51 Å². The lowest BCUT2D eigenvalue weighted by atomic mass is 10.1. The highest BCUT2D eigenvalue weighted by atomic mass is 32.1. The first kappa shape index (κ1) is 17.4. The molecule has 8 heteroatoms. The third-order valence-electron chi connectivity index (χ3n) is 3.11. The van der Waals surface area contributed by atoms with Crippen molar-refractivity contribution in [2.75, 3.05) is 13.7 Å². The van der Waals surface area contributed by atoms with Crippen LogP contribution >= 0.6 is 11.3 Å². The number of methoxy groups -OCH3 is 1. The summed E-state index contributed by atoms with van der Waals surface area (Å²) >= 11 is 1.22. The second-order valence-electron chi connectivity index (χ2n) is 4.76. The standard InChI is InChI=1S/C15H15F3N2O2S/c1-22-8-12-13(23-9-20-12)14(21)19-7-6-10-2-4-11(5-3-10)15(16,17)18/h2-5,9H,6-8H2,1H3,(H,19,21). The zero-order valence-corrected chi connectivity index (χ0v) is 13.1. The Morgan fingerprint density at radius 3 is 2.61 bits per heavy atom. The van der Waals surface area contributed by atoms with E-state index in [1.165, 1.54) is 30.6 Å². The van der Waals surface area contributed by atoms with Crippen LogP contribution in [-0.4, -0.2) is 24.5 Å². The predicted octanol–water partition coefficient (Wildman–Crippen LogP) is 3.28. The van der Waals surface area contributed by atoms with E-state index in [4.69, 9.17) is 4.74 Å². The Morgan fingerprint density at radius 1 is 1.30 bits per heavy atom. The molecule has 2 rings (SSSR count). The average molecular weight is 344 g/mol. The lowest BCUT2D eigenvalue weighted by Crippen LogP contribution is -2.26. The van der Waals surface area contributed by atoms with Crippen molar-refractivity contribution in [2.24, 2.45) is 0 Å². The Balaban J connectivity index is 1.87. The number of nitrogens with zero attached hydrogens (tertiary/aromatic N) is 1. The van der Waals surface area contributed by atoms with Crippen LogP contribution in [0, 0.1) is 0 Å². The molecule has 23 heavy (non-hydrogen) atoms. The van der Waals surface area contributed by atoms with E-state index in [-0.39, 0.29) is 12.5 Å². The number of hydrogen-bond acceptors (Lipinski definition) is 4. The highest BCUT2D eigenvalue weighted by Gasteiger charge is 2.29. The van der Waals surface area contributed by atoms with E-state index in [0.29, 0.717) is 23.5 Å². The normalized spacial score (nSPS) is 11.5. The number of nitrogens with one attached hydrogen (secondary N) is 1. The molecule has 0 aliphatic carbocycles. The van der Waals surface area contributed by atoms with Crippen LogP contribution in [0.4, 0.5) is 13.2 Å². The SMILES string of the molecule is COCc1ncsc1C(=O)NCCc1ccc(C(F)(F)F)cc1. The Labute approximate surface area is 135 Å². The Bertz CT molecular complexity index is 653. The summed E-state index contributed by atoms with van der Waals surface area (Å²) in [6.07, 6.45) is -3.89. The summed E-state index contributed by atoms with van der Waals surface area (Å²) in [4.78, 5) is 16.6. The summed E-state index contributed by atoms with van der Waals surface area (Å²) in [5.41, 5.74) is 2.18. The molecule has 0 radical (unpaired) electrons. The van der Waals surface area contributed by atoms with Gasteiger partial charge in [0.25, 0.3) is 5.91 Å². The summed E-state index contributed by atoms with van der Waals surface area (Å²) in [6.45, 7) is 0.583. The molecule has 2 aromatic rings. The summed E-state index contributed by atoms with van der Waals surface area (Å²) in [6, 6.07) is 4.91. The molecule has 1 heterocycles. The zero-order chi connectivity index (χ0) is 16.9. The molecule has 0 spiro atoms. The predicted molar refractivity (Wildman–Crippen MR) is 80.3 cm³/mol. The van der Waals surface area contributed by atoms with Gasteiger partial charge in [0.2, 0.25) is 0 Å².